The van der Waals surface area contributed by atoms with Crippen LogP contribution < -0.4 is 5.73 Å². The van der Waals surface area contributed by atoms with Gasteiger partial charge >= 0.3 is 0 Å². The first kappa shape index (κ1) is 11.9. The quantitative estimate of drug-likeness (QED) is 0.775. The number of aromatic nitrogens is 2. The third-order valence-electron chi connectivity index (χ3n) is 3.49. The molecule has 0 amide bonds. The van der Waals surface area contributed by atoms with Crippen molar-refractivity contribution in [3.05, 3.63) is 60.4 Å². The van der Waals surface area contributed by atoms with Crippen molar-refractivity contribution in [3.8, 4) is 5.69 Å². The van der Waals surface area contributed by atoms with Gasteiger partial charge in [-0.2, -0.15) is 0 Å². The number of fused-ring (bicyclic) bond motifs is 1. The maximum Gasteiger partial charge on any atom is 0.100 e. The van der Waals surface area contributed by atoms with Crippen LogP contribution in [0.3, 0.4) is 0 Å². The molecular weight excluding hydrogens is 234 g/mol. The van der Waals surface area contributed by atoms with Crippen molar-refractivity contribution in [3.63, 3.8) is 0 Å². The van der Waals surface area contributed by atoms with Gasteiger partial charge in [-0.15, -0.1) is 0 Å². The summed E-state index contributed by atoms with van der Waals surface area (Å²) >= 11 is 0. The Morgan fingerprint density at radius 2 is 1.84 bits per heavy atom. The molecule has 0 saturated carbocycles. The summed E-state index contributed by atoms with van der Waals surface area (Å²) in [7, 11) is 0. The highest BCUT2D eigenvalue weighted by molar-refractivity contribution is 5.77. The zero-order valence-electron chi connectivity index (χ0n) is 11.0. The topological polar surface area (TPSA) is 43.8 Å². The summed E-state index contributed by atoms with van der Waals surface area (Å²) in [6, 6.07) is 16.5. The lowest BCUT2D eigenvalue weighted by Gasteiger charge is -2.15. The first-order valence-corrected chi connectivity index (χ1v) is 6.58. The Hall–Kier alpha value is -2.13. The van der Waals surface area contributed by atoms with Gasteiger partial charge in [0, 0.05) is 6.04 Å². The van der Waals surface area contributed by atoms with Gasteiger partial charge < -0.3 is 5.73 Å². The predicted molar refractivity (Wildman–Crippen MR) is 78.3 cm³/mol. The normalized spacial score (nSPS) is 12.7. The molecule has 0 aliphatic carbocycles. The molecule has 3 heteroatoms. The van der Waals surface area contributed by atoms with E-state index in [-0.39, 0.29) is 6.04 Å². The molecule has 3 aromatic rings. The number of para-hydroxylation sites is 3. The van der Waals surface area contributed by atoms with E-state index < -0.39 is 0 Å². The first-order valence-electron chi connectivity index (χ1n) is 6.58. The zero-order chi connectivity index (χ0) is 13.2. The molecule has 19 heavy (non-hydrogen) atoms. The van der Waals surface area contributed by atoms with Gasteiger partial charge in [0.05, 0.1) is 16.7 Å². The standard InChI is InChI=1S/C16H17N3/c1-2-13(17)12-7-3-5-9-15(12)19-11-18-14-8-4-6-10-16(14)19/h3-11,13H,2,17H2,1H3. The Labute approximate surface area is 112 Å². The number of hydrogen-bond donors (Lipinski definition) is 1. The van der Waals surface area contributed by atoms with Crippen LogP contribution in [0.15, 0.2) is 54.9 Å². The SMILES string of the molecule is CCC(N)c1ccccc1-n1cnc2ccccc21. The second-order valence-corrected chi connectivity index (χ2v) is 4.68. The predicted octanol–water partition coefficient (Wildman–Crippen LogP) is 3.44. The van der Waals surface area contributed by atoms with Gasteiger partial charge in [-0.05, 0) is 30.2 Å². The number of nitrogens with two attached hydrogens (primary N) is 1. The number of hydrogen-bond acceptors (Lipinski definition) is 2. The highest BCUT2D eigenvalue weighted by atomic mass is 15.1. The summed E-state index contributed by atoms with van der Waals surface area (Å²) < 4.78 is 2.11. The molecule has 0 spiro atoms. The van der Waals surface area contributed by atoms with E-state index in [9.17, 15) is 0 Å². The van der Waals surface area contributed by atoms with Crippen LogP contribution in [0.1, 0.15) is 24.9 Å². The van der Waals surface area contributed by atoms with Crippen LogP contribution in [-0.4, -0.2) is 9.55 Å². The summed E-state index contributed by atoms with van der Waals surface area (Å²) in [6.45, 7) is 2.10. The van der Waals surface area contributed by atoms with Crippen LogP contribution in [0, 0.1) is 0 Å². The summed E-state index contributed by atoms with van der Waals surface area (Å²) in [5.74, 6) is 0. The van der Waals surface area contributed by atoms with Crippen molar-refractivity contribution in [2.24, 2.45) is 5.73 Å². The van der Waals surface area contributed by atoms with Gasteiger partial charge in [0.1, 0.15) is 6.33 Å². The van der Waals surface area contributed by atoms with Gasteiger partial charge in [-0.25, -0.2) is 4.98 Å². The van der Waals surface area contributed by atoms with Crippen molar-refractivity contribution in [1.29, 1.82) is 0 Å². The lowest BCUT2D eigenvalue weighted by Crippen LogP contribution is -2.12. The first-order chi connectivity index (χ1) is 9.31. The van der Waals surface area contributed by atoms with Crippen molar-refractivity contribution in [2.45, 2.75) is 19.4 Å². The van der Waals surface area contributed by atoms with Crippen LogP contribution in [0.5, 0.6) is 0 Å². The van der Waals surface area contributed by atoms with Crippen molar-refractivity contribution < 1.29 is 0 Å². The van der Waals surface area contributed by atoms with Crippen LogP contribution in [0.25, 0.3) is 16.7 Å². The van der Waals surface area contributed by atoms with Gasteiger partial charge in [0.25, 0.3) is 0 Å². The van der Waals surface area contributed by atoms with Crippen LogP contribution in [0.2, 0.25) is 0 Å². The molecule has 0 aliphatic heterocycles. The zero-order valence-corrected chi connectivity index (χ0v) is 11.0. The molecule has 2 aromatic carbocycles. The maximum atomic E-state index is 6.21. The van der Waals surface area contributed by atoms with E-state index in [0.717, 1.165) is 28.7 Å². The van der Waals surface area contributed by atoms with Gasteiger partial charge in [-0.1, -0.05) is 37.3 Å². The fraction of sp³-hybridized carbons (Fsp3) is 0.188. The van der Waals surface area contributed by atoms with Gasteiger partial charge in [0.15, 0.2) is 0 Å². The molecule has 0 saturated heterocycles. The number of benzene rings is 2. The van der Waals surface area contributed by atoms with Crippen molar-refractivity contribution in [2.75, 3.05) is 0 Å². The summed E-state index contributed by atoms with van der Waals surface area (Å²) in [5.41, 5.74) is 10.6. The van der Waals surface area contributed by atoms with Gasteiger partial charge in [0.2, 0.25) is 0 Å². The lowest BCUT2D eigenvalue weighted by atomic mass is 10.0. The smallest absolute Gasteiger partial charge is 0.100 e. The van der Waals surface area contributed by atoms with E-state index >= 15 is 0 Å². The average molecular weight is 251 g/mol. The highest BCUT2D eigenvalue weighted by Gasteiger charge is 2.12. The molecule has 0 fully saturated rings. The number of imidazole rings is 1. The van der Waals surface area contributed by atoms with E-state index in [1.54, 1.807) is 0 Å². The van der Waals surface area contributed by atoms with Crippen LogP contribution in [-0.2, 0) is 0 Å². The Balaban J connectivity index is 2.22. The molecule has 0 aliphatic rings. The molecule has 3 rings (SSSR count). The third kappa shape index (κ3) is 2.02. The lowest BCUT2D eigenvalue weighted by molar-refractivity contribution is 0.693. The van der Waals surface area contributed by atoms with Crippen LogP contribution >= 0.6 is 0 Å². The third-order valence-corrected chi connectivity index (χ3v) is 3.49. The monoisotopic (exact) mass is 251 g/mol. The minimum absolute atomic E-state index is 0.0531. The highest BCUT2D eigenvalue weighted by Crippen LogP contribution is 2.25. The van der Waals surface area contributed by atoms with E-state index in [1.165, 1.54) is 0 Å². The Morgan fingerprint density at radius 3 is 2.68 bits per heavy atom. The average Bonchev–Trinajstić information content (AvgIpc) is 2.90. The molecular formula is C16H17N3. The molecule has 1 atom stereocenters. The second-order valence-electron chi connectivity index (χ2n) is 4.68. The van der Waals surface area contributed by atoms with Crippen molar-refractivity contribution >= 4 is 11.0 Å². The van der Waals surface area contributed by atoms with E-state index in [0.29, 0.717) is 0 Å². The van der Waals surface area contributed by atoms with Crippen molar-refractivity contribution in [1.82, 2.24) is 9.55 Å². The minimum atomic E-state index is 0.0531. The molecule has 0 radical (unpaired) electrons. The minimum Gasteiger partial charge on any atom is -0.324 e. The summed E-state index contributed by atoms with van der Waals surface area (Å²) in [5, 5.41) is 0. The van der Waals surface area contributed by atoms with Gasteiger partial charge in [-0.3, -0.25) is 4.57 Å². The summed E-state index contributed by atoms with van der Waals surface area (Å²) in [6.07, 6.45) is 2.79. The molecule has 96 valence electrons. The Kier molecular flexibility index (Phi) is 3.05. The molecule has 0 bridgehead atoms. The van der Waals surface area contributed by atoms with Crippen LogP contribution in [0.4, 0.5) is 0 Å². The number of rotatable bonds is 3. The molecule has 1 unspecified atom stereocenters. The fourth-order valence-corrected chi connectivity index (χ4v) is 2.39. The fourth-order valence-electron chi connectivity index (χ4n) is 2.39. The second kappa shape index (κ2) is 4.86. The Morgan fingerprint density at radius 1 is 1.11 bits per heavy atom. The summed E-state index contributed by atoms with van der Waals surface area (Å²) in [4.78, 5) is 4.44. The molecule has 1 aromatic heterocycles. The molecule has 1 heterocycles. The van der Waals surface area contributed by atoms with E-state index in [1.807, 2.05) is 36.7 Å². The molecule has 2 N–H and O–H groups in total. The van der Waals surface area contributed by atoms with E-state index in [4.69, 9.17) is 5.73 Å². The largest absolute Gasteiger partial charge is 0.324 e. The maximum absolute atomic E-state index is 6.21. The van der Waals surface area contributed by atoms with E-state index in [2.05, 4.69) is 34.7 Å². The Bertz CT molecular complexity index is 700. The number of nitrogens with zero attached hydrogens (tertiary/aromatic N) is 2. The molecule has 3 nitrogen and oxygen atoms in total.